The number of carbonyl (C=O) groups is 1. The lowest BCUT2D eigenvalue weighted by Gasteiger charge is -2.15. The van der Waals surface area contributed by atoms with Crippen LogP contribution in [0.2, 0.25) is 0 Å². The van der Waals surface area contributed by atoms with Crippen LogP contribution in [0, 0.1) is 6.92 Å². The Balaban J connectivity index is 1.52. The zero-order valence-electron chi connectivity index (χ0n) is 22.5. The number of aromatic nitrogens is 2. The molecule has 1 amide bonds. The lowest BCUT2D eigenvalue weighted by molar-refractivity contribution is 0.0997. The van der Waals surface area contributed by atoms with Crippen LogP contribution in [0.25, 0.3) is 22.0 Å². The Bertz CT molecular complexity index is 1880. The van der Waals surface area contributed by atoms with E-state index in [1.807, 2.05) is 30.3 Å². The van der Waals surface area contributed by atoms with E-state index in [1.165, 1.54) is 7.11 Å². The first-order valence-corrected chi connectivity index (χ1v) is 14.0. The molecule has 0 spiro atoms. The second-order valence-corrected chi connectivity index (χ2v) is 10.8. The van der Waals surface area contributed by atoms with E-state index >= 15 is 0 Å². The molecule has 0 saturated heterocycles. The molecule has 0 aliphatic heterocycles. The molecule has 1 aromatic heterocycles. The molecule has 11 heteroatoms. The zero-order valence-corrected chi connectivity index (χ0v) is 23.3. The molecule has 0 radical (unpaired) electrons. The second-order valence-electron chi connectivity index (χ2n) is 9.16. The van der Waals surface area contributed by atoms with Gasteiger partial charge in [0.15, 0.2) is 5.82 Å². The van der Waals surface area contributed by atoms with Crippen LogP contribution in [0.3, 0.4) is 0 Å². The number of fused-ring (bicyclic) bond motifs is 1. The average molecular weight is 570 g/mol. The van der Waals surface area contributed by atoms with Gasteiger partial charge in [0, 0.05) is 27.7 Å². The van der Waals surface area contributed by atoms with Crippen molar-refractivity contribution in [3.8, 4) is 22.8 Å². The summed E-state index contributed by atoms with van der Waals surface area (Å²) in [5, 5.41) is 13.6. The molecule has 5 rings (SSSR count). The number of ether oxygens (including phenoxy) is 2. The van der Waals surface area contributed by atoms with Crippen LogP contribution in [-0.2, 0) is 10.0 Å². The van der Waals surface area contributed by atoms with E-state index < -0.39 is 15.9 Å². The number of hydrogen-bond donors (Lipinski definition) is 3. The van der Waals surface area contributed by atoms with Gasteiger partial charge in [-0.2, -0.15) is 0 Å². The number of nitrogens with one attached hydrogen (secondary N) is 2. The Morgan fingerprint density at radius 1 is 0.829 bits per heavy atom. The first-order chi connectivity index (χ1) is 19.7. The number of amides is 1. The topological polar surface area (TPSA) is 146 Å². The van der Waals surface area contributed by atoms with Crippen molar-refractivity contribution in [1.29, 1.82) is 0 Å². The van der Waals surface area contributed by atoms with Gasteiger partial charge in [0.1, 0.15) is 17.2 Å². The summed E-state index contributed by atoms with van der Waals surface area (Å²) >= 11 is 0. The highest BCUT2D eigenvalue weighted by molar-refractivity contribution is 7.92. The van der Waals surface area contributed by atoms with Crippen molar-refractivity contribution in [2.45, 2.75) is 11.8 Å². The molecule has 0 aliphatic rings. The van der Waals surface area contributed by atoms with Gasteiger partial charge in [0.2, 0.25) is 0 Å². The molecule has 5 aromatic rings. The number of benzene rings is 4. The molecule has 10 nitrogen and oxygen atoms in total. The molecule has 4 N–H and O–H groups in total. The molecule has 1 heterocycles. The molecule has 0 saturated carbocycles. The minimum Gasteiger partial charge on any atom is -0.497 e. The summed E-state index contributed by atoms with van der Waals surface area (Å²) in [4.78, 5) is 12.0. The highest BCUT2D eigenvalue weighted by atomic mass is 32.2. The summed E-state index contributed by atoms with van der Waals surface area (Å²) in [5.74, 6) is 0.810. The Morgan fingerprint density at radius 3 is 2.22 bits per heavy atom. The van der Waals surface area contributed by atoms with Crippen LogP contribution in [0.4, 0.5) is 17.2 Å². The van der Waals surface area contributed by atoms with Gasteiger partial charge < -0.3 is 20.5 Å². The van der Waals surface area contributed by atoms with Crippen LogP contribution >= 0.6 is 0 Å². The maximum absolute atomic E-state index is 13.4. The number of carbonyl (C=O) groups excluding carboxylic acids is 1. The number of anilines is 3. The SMILES string of the molecule is COc1ccc(NS(=O)(=O)c2cc(-c3nnc(Nc4ccc(OC)c(C(N)=O)c4)c4ccccc34)ccc2C)cc1. The molecule has 0 bridgehead atoms. The van der Waals surface area contributed by atoms with Gasteiger partial charge in [0.05, 0.1) is 24.7 Å². The number of aryl methyl sites for hydroxylation is 1. The van der Waals surface area contributed by atoms with Gasteiger partial charge in [-0.05, 0) is 61.0 Å². The van der Waals surface area contributed by atoms with Gasteiger partial charge >= 0.3 is 0 Å². The summed E-state index contributed by atoms with van der Waals surface area (Å²) in [6.07, 6.45) is 0. The summed E-state index contributed by atoms with van der Waals surface area (Å²) in [6, 6.07) is 24.2. The second kappa shape index (κ2) is 11.1. The molecule has 0 fully saturated rings. The van der Waals surface area contributed by atoms with E-state index in [1.54, 1.807) is 68.6 Å². The lowest BCUT2D eigenvalue weighted by Crippen LogP contribution is -2.14. The molecule has 41 heavy (non-hydrogen) atoms. The van der Waals surface area contributed by atoms with Crippen LogP contribution in [0.15, 0.2) is 89.8 Å². The van der Waals surface area contributed by atoms with E-state index in [2.05, 4.69) is 20.2 Å². The van der Waals surface area contributed by atoms with Crippen molar-refractivity contribution in [3.05, 3.63) is 96.1 Å². The monoisotopic (exact) mass is 569 g/mol. The molecular weight excluding hydrogens is 542 g/mol. The van der Waals surface area contributed by atoms with Gasteiger partial charge in [-0.1, -0.05) is 36.4 Å². The number of methoxy groups -OCH3 is 2. The number of nitrogens with two attached hydrogens (primary N) is 1. The van der Waals surface area contributed by atoms with Crippen molar-refractivity contribution < 1.29 is 22.7 Å². The first kappa shape index (κ1) is 27.4. The number of sulfonamides is 1. The van der Waals surface area contributed by atoms with Gasteiger partial charge in [-0.15, -0.1) is 10.2 Å². The maximum atomic E-state index is 13.4. The Kier molecular flexibility index (Phi) is 7.45. The Labute approximate surface area is 237 Å². The summed E-state index contributed by atoms with van der Waals surface area (Å²) in [6.45, 7) is 1.73. The molecule has 0 unspecified atom stereocenters. The van der Waals surface area contributed by atoms with E-state index in [0.29, 0.717) is 45.5 Å². The van der Waals surface area contributed by atoms with E-state index in [9.17, 15) is 13.2 Å². The smallest absolute Gasteiger partial charge is 0.262 e. The number of rotatable bonds is 9. The van der Waals surface area contributed by atoms with Crippen molar-refractivity contribution in [1.82, 2.24) is 10.2 Å². The van der Waals surface area contributed by atoms with Crippen molar-refractivity contribution >= 4 is 43.9 Å². The Morgan fingerprint density at radius 2 is 1.54 bits per heavy atom. The van der Waals surface area contributed by atoms with Crippen LogP contribution in [0.1, 0.15) is 15.9 Å². The fraction of sp³-hybridized carbons (Fsp3) is 0.100. The fourth-order valence-electron chi connectivity index (χ4n) is 4.43. The van der Waals surface area contributed by atoms with Crippen LogP contribution in [-0.4, -0.2) is 38.7 Å². The van der Waals surface area contributed by atoms with Gasteiger partial charge in [-0.3, -0.25) is 9.52 Å². The first-order valence-electron chi connectivity index (χ1n) is 12.5. The molecule has 0 atom stereocenters. The fourth-order valence-corrected chi connectivity index (χ4v) is 5.76. The third-order valence-corrected chi connectivity index (χ3v) is 8.03. The average Bonchev–Trinajstić information content (AvgIpc) is 2.97. The van der Waals surface area contributed by atoms with Crippen LogP contribution < -0.4 is 25.2 Å². The van der Waals surface area contributed by atoms with Gasteiger partial charge in [0.25, 0.3) is 15.9 Å². The Hall–Kier alpha value is -5.16. The standard InChI is InChI=1S/C30H27N5O5S/c1-18-8-9-19(16-27(18)41(37,38)35-20-10-13-22(39-2)14-11-20)28-23-6-4-5-7-24(23)30(34-33-28)32-21-12-15-26(40-3)25(17-21)29(31)36/h4-17,35H,1-3H3,(H2,31,36)(H,32,34). The maximum Gasteiger partial charge on any atom is 0.262 e. The van der Waals surface area contributed by atoms with E-state index in [0.717, 1.165) is 10.8 Å². The quantitative estimate of drug-likeness (QED) is 0.218. The summed E-state index contributed by atoms with van der Waals surface area (Å²) in [5.41, 5.74) is 8.39. The van der Waals surface area contributed by atoms with Crippen molar-refractivity contribution in [3.63, 3.8) is 0 Å². The highest BCUT2D eigenvalue weighted by Crippen LogP contribution is 2.34. The molecular formula is C30H27N5O5S. The van der Waals surface area contributed by atoms with E-state index in [4.69, 9.17) is 15.2 Å². The predicted octanol–water partition coefficient (Wildman–Crippen LogP) is 5.27. The number of primary amides is 1. The predicted molar refractivity (Wildman–Crippen MR) is 158 cm³/mol. The minimum absolute atomic E-state index is 0.121. The highest BCUT2D eigenvalue weighted by Gasteiger charge is 2.20. The largest absolute Gasteiger partial charge is 0.497 e. The summed E-state index contributed by atoms with van der Waals surface area (Å²) in [7, 11) is -0.907. The van der Waals surface area contributed by atoms with Crippen molar-refractivity contribution in [2.75, 3.05) is 24.3 Å². The molecule has 208 valence electrons. The third-order valence-electron chi connectivity index (χ3n) is 6.51. The summed E-state index contributed by atoms with van der Waals surface area (Å²) < 4.78 is 39.7. The lowest BCUT2D eigenvalue weighted by atomic mass is 10.0. The van der Waals surface area contributed by atoms with Crippen LogP contribution in [0.5, 0.6) is 11.5 Å². The number of hydrogen-bond acceptors (Lipinski definition) is 8. The third kappa shape index (κ3) is 5.61. The minimum atomic E-state index is -3.91. The van der Waals surface area contributed by atoms with Crippen molar-refractivity contribution in [2.24, 2.45) is 5.73 Å². The molecule has 4 aromatic carbocycles. The normalized spacial score (nSPS) is 11.2. The number of nitrogens with zero attached hydrogens (tertiary/aromatic N) is 2. The zero-order chi connectivity index (χ0) is 29.1. The van der Waals surface area contributed by atoms with Gasteiger partial charge in [-0.25, -0.2) is 8.42 Å². The molecule has 0 aliphatic carbocycles. The van der Waals surface area contributed by atoms with E-state index in [-0.39, 0.29) is 10.5 Å².